The third-order valence-electron chi connectivity index (χ3n) is 3.02. The van der Waals surface area contributed by atoms with E-state index in [2.05, 4.69) is 25.4 Å². The minimum Gasteiger partial charge on any atom is -0.481 e. The molecular weight excluding hydrogens is 256 g/mol. The Morgan fingerprint density at radius 2 is 2.20 bits per heavy atom. The van der Waals surface area contributed by atoms with E-state index in [0.29, 0.717) is 12.4 Å². The van der Waals surface area contributed by atoms with Crippen molar-refractivity contribution in [1.82, 2.24) is 24.7 Å². The van der Waals surface area contributed by atoms with Gasteiger partial charge < -0.3 is 10.1 Å². The summed E-state index contributed by atoms with van der Waals surface area (Å²) in [4.78, 5) is 12.6. The summed E-state index contributed by atoms with van der Waals surface area (Å²) in [6, 6.07) is 3.83. The zero-order chi connectivity index (χ0) is 13.9. The van der Waals surface area contributed by atoms with Crippen molar-refractivity contribution in [2.45, 2.75) is 6.54 Å². The third kappa shape index (κ3) is 2.13. The van der Waals surface area contributed by atoms with Crippen LogP contribution < -0.4 is 10.1 Å². The summed E-state index contributed by atoms with van der Waals surface area (Å²) in [5.74, 6) is 1.35. The molecule has 0 aliphatic rings. The van der Waals surface area contributed by atoms with E-state index in [4.69, 9.17) is 4.74 Å². The van der Waals surface area contributed by atoms with Crippen molar-refractivity contribution in [3.63, 3.8) is 0 Å². The Bertz CT molecular complexity index is 739. The van der Waals surface area contributed by atoms with E-state index in [1.165, 1.54) is 6.33 Å². The van der Waals surface area contributed by atoms with Crippen LogP contribution in [0.5, 0.6) is 5.88 Å². The Hall–Kier alpha value is -2.70. The van der Waals surface area contributed by atoms with Crippen LogP contribution in [0.1, 0.15) is 5.56 Å². The maximum absolute atomic E-state index is 5.23. The molecule has 3 aromatic heterocycles. The lowest BCUT2D eigenvalue weighted by molar-refractivity contribution is 0.393. The van der Waals surface area contributed by atoms with Crippen LogP contribution in [-0.2, 0) is 13.6 Å². The number of anilines is 1. The first-order chi connectivity index (χ1) is 9.79. The van der Waals surface area contributed by atoms with Crippen LogP contribution in [0, 0.1) is 0 Å². The zero-order valence-corrected chi connectivity index (χ0v) is 11.2. The molecule has 3 aromatic rings. The monoisotopic (exact) mass is 270 g/mol. The predicted molar refractivity (Wildman–Crippen MR) is 74.4 cm³/mol. The highest BCUT2D eigenvalue weighted by Crippen LogP contribution is 2.20. The van der Waals surface area contributed by atoms with Gasteiger partial charge in [0.05, 0.1) is 18.7 Å². The second-order valence-corrected chi connectivity index (χ2v) is 4.25. The maximum atomic E-state index is 5.23. The van der Waals surface area contributed by atoms with Gasteiger partial charge in [-0.15, -0.1) is 0 Å². The Morgan fingerprint density at radius 1 is 1.30 bits per heavy atom. The number of rotatable bonds is 4. The van der Waals surface area contributed by atoms with Gasteiger partial charge in [-0.05, 0) is 6.07 Å². The lowest BCUT2D eigenvalue weighted by Crippen LogP contribution is -2.05. The molecule has 0 radical (unpaired) electrons. The van der Waals surface area contributed by atoms with E-state index in [1.807, 2.05) is 19.2 Å². The van der Waals surface area contributed by atoms with Gasteiger partial charge in [0.15, 0.2) is 5.65 Å². The zero-order valence-electron chi connectivity index (χ0n) is 11.2. The number of aromatic nitrogens is 5. The number of methoxy groups -OCH3 is 1. The molecule has 1 N–H and O–H groups in total. The Balaban J connectivity index is 1.87. The molecule has 20 heavy (non-hydrogen) atoms. The Morgan fingerprint density at radius 3 is 3.05 bits per heavy atom. The first kappa shape index (κ1) is 12.3. The topological polar surface area (TPSA) is 77.8 Å². The van der Waals surface area contributed by atoms with Crippen molar-refractivity contribution in [2.24, 2.45) is 7.05 Å². The maximum Gasteiger partial charge on any atom is 0.218 e. The minimum atomic E-state index is 0.567. The van der Waals surface area contributed by atoms with Gasteiger partial charge in [0.25, 0.3) is 0 Å². The fourth-order valence-corrected chi connectivity index (χ4v) is 2.02. The molecule has 0 amide bonds. The van der Waals surface area contributed by atoms with Crippen LogP contribution in [0.25, 0.3) is 11.0 Å². The van der Waals surface area contributed by atoms with E-state index in [-0.39, 0.29) is 0 Å². The molecule has 0 fully saturated rings. The second kappa shape index (κ2) is 5.12. The molecule has 3 heterocycles. The van der Waals surface area contributed by atoms with Crippen molar-refractivity contribution in [3.05, 3.63) is 36.4 Å². The molecule has 0 aliphatic heterocycles. The number of aryl methyl sites for hydroxylation is 1. The van der Waals surface area contributed by atoms with Gasteiger partial charge in [-0.3, -0.25) is 4.68 Å². The van der Waals surface area contributed by atoms with Gasteiger partial charge in [0.2, 0.25) is 5.88 Å². The minimum absolute atomic E-state index is 0.567. The quantitative estimate of drug-likeness (QED) is 0.771. The van der Waals surface area contributed by atoms with Gasteiger partial charge in [0, 0.05) is 25.4 Å². The average molecular weight is 270 g/mol. The largest absolute Gasteiger partial charge is 0.481 e. The lowest BCUT2D eigenvalue weighted by atomic mass is 10.2. The highest BCUT2D eigenvalue weighted by Gasteiger charge is 2.09. The van der Waals surface area contributed by atoms with Crippen molar-refractivity contribution in [2.75, 3.05) is 12.4 Å². The molecule has 7 nitrogen and oxygen atoms in total. The van der Waals surface area contributed by atoms with Gasteiger partial charge >= 0.3 is 0 Å². The van der Waals surface area contributed by atoms with E-state index >= 15 is 0 Å². The molecule has 0 spiro atoms. The number of ether oxygens (including phenoxy) is 1. The SMILES string of the molecule is COc1ncccc1CNc1ncnc2c1cnn2C. The third-order valence-corrected chi connectivity index (χ3v) is 3.02. The van der Waals surface area contributed by atoms with E-state index in [0.717, 1.165) is 22.4 Å². The molecule has 0 saturated carbocycles. The fourth-order valence-electron chi connectivity index (χ4n) is 2.02. The number of hydrogen-bond acceptors (Lipinski definition) is 6. The highest BCUT2D eigenvalue weighted by atomic mass is 16.5. The summed E-state index contributed by atoms with van der Waals surface area (Å²) in [6.07, 6.45) is 4.97. The van der Waals surface area contributed by atoms with Crippen LogP contribution in [-0.4, -0.2) is 31.8 Å². The number of pyridine rings is 1. The smallest absolute Gasteiger partial charge is 0.218 e. The van der Waals surface area contributed by atoms with Crippen LogP contribution in [0.3, 0.4) is 0 Å². The molecule has 0 atom stereocenters. The van der Waals surface area contributed by atoms with Crippen molar-refractivity contribution < 1.29 is 4.74 Å². The molecule has 0 aromatic carbocycles. The van der Waals surface area contributed by atoms with E-state index in [1.54, 1.807) is 24.2 Å². The molecule has 3 rings (SSSR count). The molecule has 102 valence electrons. The van der Waals surface area contributed by atoms with Gasteiger partial charge in [-0.25, -0.2) is 15.0 Å². The number of nitrogens with zero attached hydrogens (tertiary/aromatic N) is 5. The van der Waals surface area contributed by atoms with Crippen LogP contribution in [0.15, 0.2) is 30.9 Å². The van der Waals surface area contributed by atoms with Crippen LogP contribution in [0.4, 0.5) is 5.82 Å². The van der Waals surface area contributed by atoms with Crippen molar-refractivity contribution in [3.8, 4) is 5.88 Å². The summed E-state index contributed by atoms with van der Waals surface area (Å²) in [6.45, 7) is 0.567. The molecule has 0 unspecified atom stereocenters. The summed E-state index contributed by atoms with van der Waals surface area (Å²) in [5.41, 5.74) is 1.76. The van der Waals surface area contributed by atoms with Crippen LogP contribution >= 0.6 is 0 Å². The fraction of sp³-hybridized carbons (Fsp3) is 0.231. The summed E-state index contributed by atoms with van der Waals surface area (Å²) in [5, 5.41) is 8.34. The standard InChI is InChI=1S/C13H14N6O/c1-19-12-10(7-18-19)11(16-8-17-12)15-6-9-4-3-5-14-13(9)20-2/h3-5,7-8H,6H2,1-2H3,(H,15,16,17). The molecule has 0 aliphatic carbocycles. The summed E-state index contributed by atoms with van der Waals surface area (Å²) in [7, 11) is 3.46. The normalized spacial score (nSPS) is 10.7. The Kier molecular flexibility index (Phi) is 3.16. The second-order valence-electron chi connectivity index (χ2n) is 4.25. The van der Waals surface area contributed by atoms with E-state index < -0.39 is 0 Å². The average Bonchev–Trinajstić information content (AvgIpc) is 2.88. The molecule has 0 saturated heterocycles. The van der Waals surface area contributed by atoms with Gasteiger partial charge in [-0.1, -0.05) is 6.07 Å². The first-order valence-corrected chi connectivity index (χ1v) is 6.14. The lowest BCUT2D eigenvalue weighted by Gasteiger charge is -2.09. The number of hydrogen-bond donors (Lipinski definition) is 1. The first-order valence-electron chi connectivity index (χ1n) is 6.14. The van der Waals surface area contributed by atoms with E-state index in [9.17, 15) is 0 Å². The highest BCUT2D eigenvalue weighted by molar-refractivity contribution is 5.85. The Labute approximate surface area is 115 Å². The van der Waals surface area contributed by atoms with Gasteiger partial charge in [0.1, 0.15) is 12.1 Å². The number of nitrogens with one attached hydrogen (secondary N) is 1. The predicted octanol–water partition coefficient (Wildman–Crippen LogP) is 1.38. The number of fused-ring (bicyclic) bond motifs is 1. The molecule has 7 heteroatoms. The summed E-state index contributed by atoms with van der Waals surface area (Å²) >= 11 is 0. The summed E-state index contributed by atoms with van der Waals surface area (Å²) < 4.78 is 6.94. The molecular formula is C13H14N6O. The molecule has 0 bridgehead atoms. The van der Waals surface area contributed by atoms with Crippen molar-refractivity contribution >= 4 is 16.9 Å². The van der Waals surface area contributed by atoms with Crippen LogP contribution in [0.2, 0.25) is 0 Å². The van der Waals surface area contributed by atoms with Gasteiger partial charge in [-0.2, -0.15) is 5.10 Å². The van der Waals surface area contributed by atoms with Crippen molar-refractivity contribution in [1.29, 1.82) is 0 Å².